The van der Waals surface area contributed by atoms with E-state index in [9.17, 15) is 18.0 Å². The summed E-state index contributed by atoms with van der Waals surface area (Å²) in [5, 5.41) is 2.70. The second kappa shape index (κ2) is 5.34. The average Bonchev–Trinajstić information content (AvgIpc) is 3.11. The highest BCUT2D eigenvalue weighted by atomic mass is 19.4. The van der Waals surface area contributed by atoms with Gasteiger partial charge in [0.2, 0.25) is 0 Å². The van der Waals surface area contributed by atoms with Crippen LogP contribution in [0.25, 0.3) is 0 Å². The number of nitrogens with two attached hydrogens (primary N) is 1. The second-order valence-electron chi connectivity index (χ2n) is 5.35. The Labute approximate surface area is 115 Å². The lowest BCUT2D eigenvalue weighted by Gasteiger charge is -2.15. The van der Waals surface area contributed by atoms with Crippen molar-refractivity contribution >= 4 is 11.6 Å². The third-order valence-electron chi connectivity index (χ3n) is 3.39. The first-order valence-electron chi connectivity index (χ1n) is 6.55. The van der Waals surface area contributed by atoms with Gasteiger partial charge in [-0.15, -0.1) is 0 Å². The zero-order valence-electron chi connectivity index (χ0n) is 11.1. The van der Waals surface area contributed by atoms with Crippen molar-refractivity contribution in [3.63, 3.8) is 0 Å². The van der Waals surface area contributed by atoms with E-state index in [1.807, 2.05) is 6.92 Å². The number of carbonyl (C=O) groups excluding carboxylic acids is 1. The third kappa shape index (κ3) is 3.65. The van der Waals surface area contributed by atoms with Crippen molar-refractivity contribution in [1.29, 1.82) is 0 Å². The molecule has 0 radical (unpaired) electrons. The maximum absolute atomic E-state index is 12.6. The van der Waals surface area contributed by atoms with Crippen molar-refractivity contribution in [2.24, 2.45) is 5.92 Å². The molecule has 1 aromatic rings. The van der Waals surface area contributed by atoms with Crippen molar-refractivity contribution < 1.29 is 18.0 Å². The molecular weight excluding hydrogens is 269 g/mol. The second-order valence-corrected chi connectivity index (χ2v) is 5.35. The summed E-state index contributed by atoms with van der Waals surface area (Å²) in [7, 11) is 0. The number of halogens is 3. The number of hydrogen-bond donors (Lipinski definition) is 2. The van der Waals surface area contributed by atoms with Crippen LogP contribution in [0.4, 0.5) is 18.9 Å². The largest absolute Gasteiger partial charge is 0.416 e. The van der Waals surface area contributed by atoms with Crippen LogP contribution in [0.1, 0.15) is 42.1 Å². The van der Waals surface area contributed by atoms with Crippen molar-refractivity contribution in [1.82, 2.24) is 5.32 Å². The SMILES string of the molecule is CC(CC1CC1)NC(=O)c1cc(C(F)(F)F)ccc1N. The number of hydrogen-bond acceptors (Lipinski definition) is 2. The first-order valence-corrected chi connectivity index (χ1v) is 6.55. The monoisotopic (exact) mass is 286 g/mol. The van der Waals surface area contributed by atoms with E-state index < -0.39 is 17.6 Å². The Morgan fingerprint density at radius 3 is 2.65 bits per heavy atom. The molecule has 1 aliphatic carbocycles. The van der Waals surface area contributed by atoms with Gasteiger partial charge >= 0.3 is 6.18 Å². The van der Waals surface area contributed by atoms with Crippen LogP contribution in [0.3, 0.4) is 0 Å². The molecule has 2 rings (SSSR count). The molecule has 1 saturated carbocycles. The molecule has 3 nitrogen and oxygen atoms in total. The van der Waals surface area contributed by atoms with Gasteiger partial charge in [-0.25, -0.2) is 0 Å². The number of nitrogens with one attached hydrogen (secondary N) is 1. The maximum Gasteiger partial charge on any atom is 0.416 e. The minimum absolute atomic E-state index is 0.0501. The van der Waals surface area contributed by atoms with Crippen molar-refractivity contribution in [3.05, 3.63) is 29.3 Å². The Bertz CT molecular complexity index is 510. The number of carbonyl (C=O) groups is 1. The summed E-state index contributed by atoms with van der Waals surface area (Å²) in [6.07, 6.45) is -1.31. The van der Waals surface area contributed by atoms with Crippen LogP contribution in [-0.2, 0) is 6.18 Å². The molecule has 0 spiro atoms. The number of amides is 1. The lowest BCUT2D eigenvalue weighted by molar-refractivity contribution is -0.137. The molecule has 110 valence electrons. The van der Waals surface area contributed by atoms with Gasteiger partial charge in [0.15, 0.2) is 0 Å². The smallest absolute Gasteiger partial charge is 0.398 e. The summed E-state index contributed by atoms with van der Waals surface area (Å²) in [4.78, 5) is 12.0. The number of anilines is 1. The predicted octanol–water partition coefficient (Wildman–Crippen LogP) is 3.21. The van der Waals surface area contributed by atoms with Gasteiger partial charge in [-0.1, -0.05) is 12.8 Å². The summed E-state index contributed by atoms with van der Waals surface area (Å²) in [5.74, 6) is 0.0749. The summed E-state index contributed by atoms with van der Waals surface area (Å²) in [6, 6.07) is 2.72. The van der Waals surface area contributed by atoms with E-state index in [1.54, 1.807) is 0 Å². The van der Waals surface area contributed by atoms with E-state index in [2.05, 4.69) is 5.32 Å². The Hall–Kier alpha value is -1.72. The molecule has 0 aromatic heterocycles. The lowest BCUT2D eigenvalue weighted by atomic mass is 10.1. The highest BCUT2D eigenvalue weighted by Gasteiger charge is 2.32. The first kappa shape index (κ1) is 14.7. The molecule has 0 aliphatic heterocycles. The molecule has 20 heavy (non-hydrogen) atoms. The molecule has 1 atom stereocenters. The van der Waals surface area contributed by atoms with Crippen molar-refractivity contribution in [2.75, 3.05) is 5.73 Å². The zero-order chi connectivity index (χ0) is 14.9. The van der Waals surface area contributed by atoms with E-state index in [4.69, 9.17) is 5.73 Å². The summed E-state index contributed by atoms with van der Waals surface area (Å²) < 4.78 is 37.9. The lowest BCUT2D eigenvalue weighted by Crippen LogP contribution is -2.33. The Kier molecular flexibility index (Phi) is 3.92. The normalized spacial score (nSPS) is 16.8. The van der Waals surface area contributed by atoms with Crippen LogP contribution in [0, 0.1) is 5.92 Å². The summed E-state index contributed by atoms with van der Waals surface area (Å²) in [5.41, 5.74) is 4.65. The van der Waals surface area contributed by atoms with Crippen LogP contribution < -0.4 is 11.1 Å². The minimum atomic E-state index is -4.48. The molecule has 1 aromatic carbocycles. The minimum Gasteiger partial charge on any atom is -0.398 e. The number of rotatable bonds is 4. The number of benzene rings is 1. The zero-order valence-corrected chi connectivity index (χ0v) is 11.1. The van der Waals surface area contributed by atoms with Gasteiger partial charge in [0.05, 0.1) is 11.1 Å². The molecule has 3 N–H and O–H groups in total. The van der Waals surface area contributed by atoms with Crippen molar-refractivity contribution in [3.8, 4) is 0 Å². The summed E-state index contributed by atoms with van der Waals surface area (Å²) in [6.45, 7) is 1.85. The van der Waals surface area contributed by atoms with E-state index in [-0.39, 0.29) is 17.3 Å². The van der Waals surface area contributed by atoms with Gasteiger partial charge < -0.3 is 11.1 Å². The van der Waals surface area contributed by atoms with Gasteiger partial charge in [0, 0.05) is 11.7 Å². The fourth-order valence-corrected chi connectivity index (χ4v) is 2.14. The van der Waals surface area contributed by atoms with Crippen LogP contribution in [0.5, 0.6) is 0 Å². The fraction of sp³-hybridized carbons (Fsp3) is 0.500. The number of alkyl halides is 3. The van der Waals surface area contributed by atoms with Gasteiger partial charge in [0.1, 0.15) is 0 Å². The van der Waals surface area contributed by atoms with E-state index in [1.165, 1.54) is 0 Å². The highest BCUT2D eigenvalue weighted by Crippen LogP contribution is 2.34. The molecule has 1 amide bonds. The predicted molar refractivity (Wildman–Crippen MR) is 70.1 cm³/mol. The quantitative estimate of drug-likeness (QED) is 0.835. The van der Waals surface area contributed by atoms with Crippen LogP contribution >= 0.6 is 0 Å². The molecule has 6 heteroatoms. The van der Waals surface area contributed by atoms with E-state index in [0.717, 1.165) is 37.5 Å². The van der Waals surface area contributed by atoms with Crippen LogP contribution in [-0.4, -0.2) is 11.9 Å². The Balaban J connectivity index is 2.11. The van der Waals surface area contributed by atoms with E-state index >= 15 is 0 Å². The van der Waals surface area contributed by atoms with Gasteiger partial charge in [-0.2, -0.15) is 13.2 Å². The van der Waals surface area contributed by atoms with E-state index in [0.29, 0.717) is 5.92 Å². The number of nitrogen functional groups attached to an aromatic ring is 1. The molecule has 1 aliphatic rings. The van der Waals surface area contributed by atoms with Crippen LogP contribution in [0.15, 0.2) is 18.2 Å². The maximum atomic E-state index is 12.6. The molecular formula is C14H17F3N2O. The van der Waals surface area contributed by atoms with Crippen LogP contribution in [0.2, 0.25) is 0 Å². The molecule has 1 unspecified atom stereocenters. The first-order chi connectivity index (χ1) is 9.27. The fourth-order valence-electron chi connectivity index (χ4n) is 2.14. The standard InChI is InChI=1S/C14H17F3N2O/c1-8(6-9-2-3-9)19-13(20)11-7-10(14(15,16)17)4-5-12(11)18/h4-5,7-9H,2-3,6,18H2,1H3,(H,19,20). The molecule has 1 fully saturated rings. The van der Waals surface area contributed by atoms with Crippen molar-refractivity contribution in [2.45, 2.75) is 38.4 Å². The molecule has 0 bridgehead atoms. The average molecular weight is 286 g/mol. The highest BCUT2D eigenvalue weighted by molar-refractivity contribution is 5.99. The summed E-state index contributed by atoms with van der Waals surface area (Å²) >= 11 is 0. The topological polar surface area (TPSA) is 55.1 Å². The van der Waals surface area contributed by atoms with Gasteiger partial charge in [0.25, 0.3) is 5.91 Å². The van der Waals surface area contributed by atoms with Gasteiger partial charge in [-0.05, 0) is 37.5 Å². The third-order valence-corrected chi connectivity index (χ3v) is 3.39. The molecule has 0 saturated heterocycles. The van der Waals surface area contributed by atoms with Gasteiger partial charge in [-0.3, -0.25) is 4.79 Å². The molecule has 0 heterocycles. The Morgan fingerprint density at radius 2 is 2.10 bits per heavy atom. The Morgan fingerprint density at radius 1 is 1.45 bits per heavy atom.